The highest BCUT2D eigenvalue weighted by Crippen LogP contribution is 2.62. The van der Waals surface area contributed by atoms with Crippen LogP contribution in [0.2, 0.25) is 0 Å². The number of quaternary nitrogens is 1. The Bertz CT molecular complexity index is 546. The molecule has 2 saturated heterocycles. The predicted molar refractivity (Wildman–Crippen MR) is 94.7 cm³/mol. The fourth-order valence-corrected chi connectivity index (χ4v) is 6.20. The van der Waals surface area contributed by atoms with Crippen molar-refractivity contribution in [3.63, 3.8) is 0 Å². The van der Waals surface area contributed by atoms with Gasteiger partial charge in [0.2, 0.25) is 6.29 Å². The minimum atomic E-state index is -0.237. The molecule has 1 N–H and O–H groups in total. The number of fused-ring (bicyclic) bond motifs is 3. The summed E-state index contributed by atoms with van der Waals surface area (Å²) in [5, 5.41) is 0. The van der Waals surface area contributed by atoms with Crippen LogP contribution in [0, 0.1) is 23.2 Å². The molecular formula is C20H34NO5+. The molecule has 2 heterocycles. The van der Waals surface area contributed by atoms with Gasteiger partial charge in [-0.3, -0.25) is 4.79 Å². The Labute approximate surface area is 156 Å². The van der Waals surface area contributed by atoms with Crippen LogP contribution in [0.5, 0.6) is 0 Å². The van der Waals surface area contributed by atoms with Gasteiger partial charge < -0.3 is 23.8 Å². The number of likely N-dealkylation sites (N-methyl/N-ethyl adjacent to an activating group) is 1. The van der Waals surface area contributed by atoms with Crippen molar-refractivity contribution in [1.29, 1.82) is 0 Å². The van der Waals surface area contributed by atoms with Gasteiger partial charge in [0.25, 0.3) is 0 Å². The average Bonchev–Trinajstić information content (AvgIpc) is 3.31. The van der Waals surface area contributed by atoms with E-state index in [0.29, 0.717) is 11.8 Å². The van der Waals surface area contributed by atoms with Crippen molar-refractivity contribution in [1.82, 2.24) is 0 Å². The Balaban J connectivity index is 1.46. The molecule has 4 rings (SSSR count). The molecular weight excluding hydrogens is 334 g/mol. The maximum Gasteiger partial charge on any atom is 0.315 e. The van der Waals surface area contributed by atoms with E-state index < -0.39 is 0 Å². The lowest BCUT2D eigenvalue weighted by Crippen LogP contribution is -3.11. The third-order valence-corrected chi connectivity index (χ3v) is 7.69. The van der Waals surface area contributed by atoms with E-state index >= 15 is 0 Å². The van der Waals surface area contributed by atoms with E-state index in [1.165, 1.54) is 24.2 Å². The molecule has 4 aliphatic rings. The SMILES string of the molecule is COC(C[NH+](C)C[C@H]1C(=O)O[C@@H]2C[C@@]3(C)CCC[C@]4(CO4)[C@@H]3C[C@@H]21)OC. The molecule has 0 radical (unpaired) electrons. The first kappa shape index (κ1) is 18.7. The molecule has 1 spiro atoms. The van der Waals surface area contributed by atoms with Gasteiger partial charge in [0.15, 0.2) is 0 Å². The van der Waals surface area contributed by atoms with Crippen molar-refractivity contribution in [3.05, 3.63) is 0 Å². The minimum absolute atomic E-state index is 0.00116. The summed E-state index contributed by atoms with van der Waals surface area (Å²) >= 11 is 0. The maximum absolute atomic E-state index is 12.7. The number of nitrogens with one attached hydrogen (secondary N) is 1. The van der Waals surface area contributed by atoms with Crippen LogP contribution in [0.3, 0.4) is 0 Å². The van der Waals surface area contributed by atoms with E-state index in [2.05, 4.69) is 14.0 Å². The zero-order valence-electron chi connectivity index (χ0n) is 16.6. The highest BCUT2D eigenvalue weighted by molar-refractivity contribution is 5.75. The first-order valence-electron chi connectivity index (χ1n) is 10.1. The number of ether oxygens (including phenoxy) is 4. The lowest BCUT2D eigenvalue weighted by atomic mass is 9.53. The molecule has 0 amide bonds. The number of carbonyl (C=O) groups is 1. The van der Waals surface area contributed by atoms with Crippen LogP contribution < -0.4 is 4.90 Å². The quantitative estimate of drug-likeness (QED) is 0.424. The van der Waals surface area contributed by atoms with Gasteiger partial charge in [-0.25, -0.2) is 0 Å². The second-order valence-electron chi connectivity index (χ2n) is 9.37. The highest BCUT2D eigenvalue weighted by atomic mass is 16.7. The van der Waals surface area contributed by atoms with E-state index in [4.69, 9.17) is 18.9 Å². The zero-order valence-corrected chi connectivity index (χ0v) is 16.6. The van der Waals surface area contributed by atoms with E-state index in [1.54, 1.807) is 14.2 Å². The summed E-state index contributed by atoms with van der Waals surface area (Å²) in [6.07, 6.45) is 5.61. The molecule has 148 valence electrons. The molecule has 2 saturated carbocycles. The first-order valence-corrected chi connectivity index (χ1v) is 10.1. The molecule has 4 fully saturated rings. The highest BCUT2D eigenvalue weighted by Gasteiger charge is 2.65. The molecule has 26 heavy (non-hydrogen) atoms. The molecule has 0 aromatic heterocycles. The van der Waals surface area contributed by atoms with E-state index in [0.717, 1.165) is 32.5 Å². The standard InChI is InChI=1S/C20H33NO5/c1-19-6-5-7-20(12-25-20)16(19)8-13-14(18(22)26-15(13)9-19)10-21(2)11-17(23-3)24-4/h13-17H,5-12H2,1-4H3/p+1/t13-,14-,15-,16-,19-,20+/m1/s1. The van der Waals surface area contributed by atoms with Crippen LogP contribution in [-0.2, 0) is 23.7 Å². The Morgan fingerprint density at radius 2 is 2.04 bits per heavy atom. The van der Waals surface area contributed by atoms with E-state index in [-0.39, 0.29) is 35.3 Å². The topological polar surface area (TPSA) is 61.7 Å². The Morgan fingerprint density at radius 1 is 1.31 bits per heavy atom. The second-order valence-corrected chi connectivity index (χ2v) is 9.37. The normalized spacial score (nSPS) is 45.3. The first-order chi connectivity index (χ1) is 12.4. The summed E-state index contributed by atoms with van der Waals surface area (Å²) in [6.45, 7) is 4.82. The summed E-state index contributed by atoms with van der Waals surface area (Å²) < 4.78 is 22.5. The molecule has 0 aromatic rings. The largest absolute Gasteiger partial charge is 0.462 e. The molecule has 7 atom stereocenters. The predicted octanol–water partition coefficient (Wildman–Crippen LogP) is 0.647. The number of rotatable bonds is 6. The summed E-state index contributed by atoms with van der Waals surface area (Å²) in [6, 6.07) is 0. The van der Waals surface area contributed by atoms with Gasteiger partial charge >= 0.3 is 5.97 Å². The van der Waals surface area contributed by atoms with Crippen molar-refractivity contribution >= 4 is 5.97 Å². The van der Waals surface area contributed by atoms with Crippen molar-refractivity contribution in [2.45, 2.75) is 57.0 Å². The Morgan fingerprint density at radius 3 is 2.69 bits per heavy atom. The third kappa shape index (κ3) is 3.09. The van der Waals surface area contributed by atoms with Crippen LogP contribution in [0.15, 0.2) is 0 Å². The monoisotopic (exact) mass is 368 g/mol. The molecule has 6 nitrogen and oxygen atoms in total. The molecule has 2 aliphatic heterocycles. The van der Waals surface area contributed by atoms with Crippen molar-refractivity contribution in [3.8, 4) is 0 Å². The fraction of sp³-hybridized carbons (Fsp3) is 0.950. The fourth-order valence-electron chi connectivity index (χ4n) is 6.20. The summed E-state index contributed by atoms with van der Waals surface area (Å²) in [5.41, 5.74) is 0.380. The van der Waals surface area contributed by atoms with Crippen LogP contribution in [0.1, 0.15) is 39.0 Å². The van der Waals surface area contributed by atoms with Crippen molar-refractivity contribution in [2.24, 2.45) is 23.2 Å². The number of hydrogen-bond donors (Lipinski definition) is 1. The lowest BCUT2D eigenvalue weighted by molar-refractivity contribution is -0.888. The maximum atomic E-state index is 12.7. The number of esters is 1. The summed E-state index contributed by atoms with van der Waals surface area (Å²) in [4.78, 5) is 13.9. The van der Waals surface area contributed by atoms with Crippen molar-refractivity contribution < 1.29 is 28.6 Å². The van der Waals surface area contributed by atoms with Gasteiger partial charge in [0.1, 0.15) is 18.6 Å². The van der Waals surface area contributed by atoms with Gasteiger partial charge in [-0.2, -0.15) is 0 Å². The summed E-state index contributed by atoms with van der Waals surface area (Å²) in [5.74, 6) is 0.890. The lowest BCUT2D eigenvalue weighted by Gasteiger charge is -2.51. The number of hydrogen-bond acceptors (Lipinski definition) is 5. The number of methoxy groups -OCH3 is 2. The minimum Gasteiger partial charge on any atom is -0.462 e. The average molecular weight is 368 g/mol. The van der Waals surface area contributed by atoms with Gasteiger partial charge in [0.05, 0.1) is 25.8 Å². The van der Waals surface area contributed by atoms with E-state index in [1.807, 2.05) is 0 Å². The Hall–Kier alpha value is -0.690. The smallest absolute Gasteiger partial charge is 0.315 e. The van der Waals surface area contributed by atoms with Crippen molar-refractivity contribution in [2.75, 3.05) is 41.0 Å². The zero-order chi connectivity index (χ0) is 18.5. The number of carbonyl (C=O) groups excluding carboxylic acids is 1. The summed E-state index contributed by atoms with van der Waals surface area (Å²) in [7, 11) is 5.41. The van der Waals surface area contributed by atoms with E-state index in [9.17, 15) is 4.79 Å². The molecule has 0 bridgehead atoms. The number of epoxide rings is 1. The molecule has 0 aromatic carbocycles. The van der Waals surface area contributed by atoms with Gasteiger partial charge in [0, 0.05) is 20.1 Å². The second kappa shape index (κ2) is 6.73. The van der Waals surface area contributed by atoms with Crippen LogP contribution in [-0.4, -0.2) is 64.9 Å². The molecule has 2 aliphatic carbocycles. The van der Waals surface area contributed by atoms with Gasteiger partial charge in [-0.1, -0.05) is 6.92 Å². The van der Waals surface area contributed by atoms with Crippen LogP contribution >= 0.6 is 0 Å². The van der Waals surface area contributed by atoms with Gasteiger partial charge in [-0.15, -0.1) is 0 Å². The molecule has 1 unspecified atom stereocenters. The Kier molecular flexibility index (Phi) is 4.83. The van der Waals surface area contributed by atoms with Gasteiger partial charge in [-0.05, 0) is 43.4 Å². The van der Waals surface area contributed by atoms with Crippen LogP contribution in [0.4, 0.5) is 0 Å². The third-order valence-electron chi connectivity index (χ3n) is 7.69. The van der Waals surface area contributed by atoms with Crippen LogP contribution in [0.25, 0.3) is 0 Å². The molecule has 6 heteroatoms.